The van der Waals surface area contributed by atoms with Crippen molar-refractivity contribution in [3.8, 4) is 22.6 Å². The number of esters is 2. The van der Waals surface area contributed by atoms with Crippen LogP contribution in [0.1, 0.15) is 40.9 Å². The highest BCUT2D eigenvalue weighted by Crippen LogP contribution is 2.44. The van der Waals surface area contributed by atoms with Crippen molar-refractivity contribution in [3.63, 3.8) is 0 Å². The summed E-state index contributed by atoms with van der Waals surface area (Å²) in [6.07, 6.45) is 4.23. The standard InChI is InChI=1S/C23H20O5/c1-5-7-15-11-18-16-9-10-20(27-13(3)24)17(8-6-2)22(16)23(26)19(18)12-21(15)28-14(4)25/h5-6,9-12H,1-2,7-8H2,3-4H3. The summed E-state index contributed by atoms with van der Waals surface area (Å²) in [6.45, 7) is 10.1. The van der Waals surface area contributed by atoms with Crippen molar-refractivity contribution in [2.24, 2.45) is 0 Å². The van der Waals surface area contributed by atoms with E-state index in [9.17, 15) is 14.4 Å². The van der Waals surface area contributed by atoms with Gasteiger partial charge in [-0.2, -0.15) is 0 Å². The molecule has 142 valence electrons. The molecule has 0 aromatic heterocycles. The molecule has 0 spiro atoms. The van der Waals surface area contributed by atoms with E-state index in [0.29, 0.717) is 41.0 Å². The second kappa shape index (κ2) is 7.64. The number of fused-ring (bicyclic) bond motifs is 3. The Kier molecular flexibility index (Phi) is 5.27. The van der Waals surface area contributed by atoms with E-state index in [-0.39, 0.29) is 5.78 Å². The van der Waals surface area contributed by atoms with Gasteiger partial charge in [-0.1, -0.05) is 12.2 Å². The van der Waals surface area contributed by atoms with Crippen LogP contribution in [0.3, 0.4) is 0 Å². The van der Waals surface area contributed by atoms with Crippen molar-refractivity contribution >= 4 is 17.7 Å². The number of ether oxygens (including phenoxy) is 2. The van der Waals surface area contributed by atoms with Crippen molar-refractivity contribution in [2.75, 3.05) is 0 Å². The van der Waals surface area contributed by atoms with E-state index in [1.807, 2.05) is 6.07 Å². The van der Waals surface area contributed by atoms with Gasteiger partial charge in [0, 0.05) is 30.5 Å². The molecule has 0 bridgehead atoms. The van der Waals surface area contributed by atoms with E-state index < -0.39 is 11.9 Å². The maximum Gasteiger partial charge on any atom is 0.308 e. The number of rotatable bonds is 6. The number of ketones is 1. The fraction of sp³-hybridized carbons (Fsp3) is 0.174. The first-order chi connectivity index (χ1) is 13.4. The second-order valence-electron chi connectivity index (χ2n) is 6.47. The van der Waals surface area contributed by atoms with Crippen LogP contribution in [0, 0.1) is 0 Å². The Morgan fingerprint density at radius 2 is 1.54 bits per heavy atom. The molecule has 0 radical (unpaired) electrons. The molecule has 0 unspecified atom stereocenters. The molecule has 3 rings (SSSR count). The zero-order valence-corrected chi connectivity index (χ0v) is 15.8. The summed E-state index contributed by atoms with van der Waals surface area (Å²) in [5.74, 6) is -0.428. The lowest BCUT2D eigenvalue weighted by Crippen LogP contribution is -2.08. The highest BCUT2D eigenvalue weighted by atomic mass is 16.5. The number of allylic oxidation sites excluding steroid dienone is 2. The molecule has 5 nitrogen and oxygen atoms in total. The average Bonchev–Trinajstić information content (AvgIpc) is 2.89. The largest absolute Gasteiger partial charge is 0.426 e. The summed E-state index contributed by atoms with van der Waals surface area (Å²) in [5, 5.41) is 0. The Bertz CT molecular complexity index is 1030. The third-order valence-electron chi connectivity index (χ3n) is 4.45. The zero-order chi connectivity index (χ0) is 20.4. The van der Waals surface area contributed by atoms with E-state index in [1.54, 1.807) is 30.4 Å². The fourth-order valence-electron chi connectivity index (χ4n) is 3.44. The fourth-order valence-corrected chi connectivity index (χ4v) is 3.44. The van der Waals surface area contributed by atoms with Gasteiger partial charge in [0.2, 0.25) is 0 Å². The number of carbonyl (C=O) groups excluding carboxylic acids is 3. The third-order valence-corrected chi connectivity index (χ3v) is 4.45. The number of hydrogen-bond acceptors (Lipinski definition) is 5. The van der Waals surface area contributed by atoms with Gasteiger partial charge < -0.3 is 9.47 Å². The molecule has 1 aliphatic rings. The van der Waals surface area contributed by atoms with Crippen molar-refractivity contribution < 1.29 is 23.9 Å². The van der Waals surface area contributed by atoms with Gasteiger partial charge in [-0.15, -0.1) is 13.2 Å². The third kappa shape index (κ3) is 3.39. The second-order valence-corrected chi connectivity index (χ2v) is 6.47. The minimum Gasteiger partial charge on any atom is -0.426 e. The molecule has 0 N–H and O–H groups in total. The first kappa shape index (κ1) is 19.3. The van der Waals surface area contributed by atoms with Crippen LogP contribution < -0.4 is 9.47 Å². The van der Waals surface area contributed by atoms with Crippen LogP contribution in [0.15, 0.2) is 49.6 Å². The molecule has 0 fully saturated rings. The molecule has 2 aromatic rings. The first-order valence-electron chi connectivity index (χ1n) is 8.83. The van der Waals surface area contributed by atoms with Crippen LogP contribution >= 0.6 is 0 Å². The van der Waals surface area contributed by atoms with Crippen LogP contribution in [-0.2, 0) is 22.4 Å². The maximum absolute atomic E-state index is 13.2. The minimum atomic E-state index is -0.460. The van der Waals surface area contributed by atoms with Crippen molar-refractivity contribution in [3.05, 3.63) is 71.8 Å². The molecule has 5 heteroatoms. The summed E-state index contributed by atoms with van der Waals surface area (Å²) in [4.78, 5) is 36.1. The van der Waals surface area contributed by atoms with Gasteiger partial charge >= 0.3 is 11.9 Å². The molecule has 0 heterocycles. The van der Waals surface area contributed by atoms with E-state index in [0.717, 1.165) is 16.7 Å². The van der Waals surface area contributed by atoms with Gasteiger partial charge in [0.25, 0.3) is 0 Å². The topological polar surface area (TPSA) is 69.7 Å². The van der Waals surface area contributed by atoms with Crippen LogP contribution in [0.5, 0.6) is 11.5 Å². The van der Waals surface area contributed by atoms with Gasteiger partial charge in [0.05, 0.1) is 0 Å². The molecular weight excluding hydrogens is 356 g/mol. The zero-order valence-electron chi connectivity index (χ0n) is 15.8. The molecule has 28 heavy (non-hydrogen) atoms. The molecular formula is C23H20O5. The number of carbonyl (C=O) groups is 3. The Hall–Kier alpha value is -3.47. The van der Waals surface area contributed by atoms with E-state index in [1.165, 1.54) is 13.8 Å². The lowest BCUT2D eigenvalue weighted by molar-refractivity contribution is -0.132. The van der Waals surface area contributed by atoms with Crippen LogP contribution in [-0.4, -0.2) is 17.7 Å². The van der Waals surface area contributed by atoms with E-state index in [4.69, 9.17) is 9.47 Å². The van der Waals surface area contributed by atoms with Crippen molar-refractivity contribution in [1.29, 1.82) is 0 Å². The summed E-state index contributed by atoms with van der Waals surface area (Å²) < 4.78 is 10.6. The Morgan fingerprint density at radius 1 is 0.893 bits per heavy atom. The first-order valence-corrected chi connectivity index (χ1v) is 8.83. The van der Waals surface area contributed by atoms with Gasteiger partial charge in [0.15, 0.2) is 5.78 Å². The quantitative estimate of drug-likeness (QED) is 0.366. The molecule has 0 aliphatic heterocycles. The number of hydrogen-bond donors (Lipinski definition) is 0. The lowest BCUT2D eigenvalue weighted by Gasteiger charge is -2.12. The SMILES string of the molecule is C=CCc1cc2c(cc1OC(C)=O)C(=O)c1c-2ccc(OC(C)=O)c1CC=C. The molecule has 0 saturated heterocycles. The molecule has 0 atom stereocenters. The Labute approximate surface area is 163 Å². The highest BCUT2D eigenvalue weighted by Gasteiger charge is 2.32. The van der Waals surface area contributed by atoms with Crippen LogP contribution in [0.2, 0.25) is 0 Å². The van der Waals surface area contributed by atoms with Crippen molar-refractivity contribution in [1.82, 2.24) is 0 Å². The smallest absolute Gasteiger partial charge is 0.308 e. The number of benzene rings is 2. The summed E-state index contributed by atoms with van der Waals surface area (Å²) >= 11 is 0. The predicted molar refractivity (Wildman–Crippen MR) is 106 cm³/mol. The van der Waals surface area contributed by atoms with Gasteiger partial charge in [-0.25, -0.2) is 0 Å². The monoisotopic (exact) mass is 376 g/mol. The molecule has 1 aliphatic carbocycles. The average molecular weight is 376 g/mol. The van der Waals surface area contributed by atoms with E-state index in [2.05, 4.69) is 13.2 Å². The lowest BCUT2D eigenvalue weighted by atomic mass is 9.97. The highest BCUT2D eigenvalue weighted by molar-refractivity contribution is 6.23. The van der Waals surface area contributed by atoms with Crippen LogP contribution in [0.25, 0.3) is 11.1 Å². The van der Waals surface area contributed by atoms with Gasteiger partial charge in [-0.3, -0.25) is 14.4 Å². The molecule has 0 saturated carbocycles. The van der Waals surface area contributed by atoms with E-state index >= 15 is 0 Å². The normalized spacial score (nSPS) is 11.4. The Morgan fingerprint density at radius 3 is 2.14 bits per heavy atom. The van der Waals surface area contributed by atoms with Crippen LogP contribution in [0.4, 0.5) is 0 Å². The maximum atomic E-state index is 13.2. The molecule has 0 amide bonds. The molecule has 2 aromatic carbocycles. The summed E-state index contributed by atoms with van der Waals surface area (Å²) in [6, 6.07) is 6.91. The summed E-state index contributed by atoms with van der Waals surface area (Å²) in [5.41, 5.74) is 3.82. The van der Waals surface area contributed by atoms with Crippen molar-refractivity contribution in [2.45, 2.75) is 26.7 Å². The predicted octanol–water partition coefficient (Wildman–Crippen LogP) is 4.21. The summed E-state index contributed by atoms with van der Waals surface area (Å²) in [7, 11) is 0. The van der Waals surface area contributed by atoms with Gasteiger partial charge in [-0.05, 0) is 53.8 Å². The minimum absolute atomic E-state index is 0.200. The van der Waals surface area contributed by atoms with Gasteiger partial charge in [0.1, 0.15) is 11.5 Å². The Balaban J connectivity index is 2.23.